The summed E-state index contributed by atoms with van der Waals surface area (Å²) in [7, 11) is 1.33. The van der Waals surface area contributed by atoms with Gasteiger partial charge in [-0.1, -0.05) is 18.2 Å². The van der Waals surface area contributed by atoms with Gasteiger partial charge in [-0.05, 0) is 37.1 Å². The van der Waals surface area contributed by atoms with Crippen LogP contribution in [0, 0.1) is 5.92 Å². The quantitative estimate of drug-likeness (QED) is 0.596. The number of carbonyl (C=O) groups is 3. The molecular formula is C20H25NO5S. The molecule has 7 heteroatoms. The topological polar surface area (TPSA) is 72.9 Å². The molecule has 0 radical (unpaired) electrons. The fourth-order valence-electron chi connectivity index (χ4n) is 4.25. The van der Waals surface area contributed by atoms with Crippen molar-refractivity contribution in [3.05, 3.63) is 35.9 Å². The second-order valence-corrected chi connectivity index (χ2v) is 7.47. The van der Waals surface area contributed by atoms with Gasteiger partial charge in [0.05, 0.1) is 12.7 Å². The summed E-state index contributed by atoms with van der Waals surface area (Å²) in [6.07, 6.45) is 2.52. The van der Waals surface area contributed by atoms with Crippen molar-refractivity contribution in [3.8, 4) is 0 Å². The molecule has 0 aromatic heterocycles. The average Bonchev–Trinajstić information content (AvgIpc) is 3.01. The number of amides is 1. The van der Waals surface area contributed by atoms with Crippen molar-refractivity contribution in [1.82, 2.24) is 4.90 Å². The standard InChI is InChI=1S/C20H25NO5S/c1-25-20(24)18-15-10-9-14(21(15)17(22)8-5-11-27)12-16(18)26-19(23)13-6-3-2-4-7-13/h2-4,6-7,14-16,18,27H,5,8-12H2,1H3/t14-,15+,16-,18+/m0/s1. The van der Waals surface area contributed by atoms with Crippen LogP contribution in [-0.2, 0) is 19.1 Å². The van der Waals surface area contributed by atoms with E-state index in [4.69, 9.17) is 9.47 Å². The number of carbonyl (C=O) groups excluding carboxylic acids is 3. The number of thiol groups is 1. The molecular weight excluding hydrogens is 366 g/mol. The van der Waals surface area contributed by atoms with Crippen molar-refractivity contribution in [2.24, 2.45) is 5.92 Å². The molecule has 2 saturated heterocycles. The van der Waals surface area contributed by atoms with E-state index >= 15 is 0 Å². The van der Waals surface area contributed by atoms with E-state index in [1.807, 2.05) is 11.0 Å². The van der Waals surface area contributed by atoms with Gasteiger partial charge in [0.25, 0.3) is 0 Å². The molecule has 0 N–H and O–H groups in total. The molecule has 3 rings (SSSR count). The zero-order chi connectivity index (χ0) is 19.4. The molecule has 2 aliphatic rings. The number of ether oxygens (including phenoxy) is 2. The fourth-order valence-corrected chi connectivity index (χ4v) is 4.41. The van der Waals surface area contributed by atoms with E-state index < -0.39 is 24.0 Å². The molecule has 146 valence electrons. The first-order valence-electron chi connectivity index (χ1n) is 9.32. The second kappa shape index (κ2) is 8.78. The van der Waals surface area contributed by atoms with Gasteiger partial charge in [0.15, 0.2) is 0 Å². The van der Waals surface area contributed by atoms with E-state index in [2.05, 4.69) is 12.6 Å². The molecule has 6 nitrogen and oxygen atoms in total. The van der Waals surface area contributed by atoms with Crippen LogP contribution >= 0.6 is 12.6 Å². The van der Waals surface area contributed by atoms with Gasteiger partial charge in [0.1, 0.15) is 12.0 Å². The third-order valence-corrected chi connectivity index (χ3v) is 5.76. The second-order valence-electron chi connectivity index (χ2n) is 7.02. The molecule has 2 fully saturated rings. The van der Waals surface area contributed by atoms with Crippen LogP contribution in [0.25, 0.3) is 0 Å². The van der Waals surface area contributed by atoms with Crippen molar-refractivity contribution in [2.45, 2.75) is 50.3 Å². The van der Waals surface area contributed by atoms with Crippen LogP contribution in [0.4, 0.5) is 0 Å². The lowest BCUT2D eigenvalue weighted by molar-refractivity contribution is -0.160. The highest BCUT2D eigenvalue weighted by atomic mass is 32.1. The lowest BCUT2D eigenvalue weighted by Crippen LogP contribution is -2.56. The highest BCUT2D eigenvalue weighted by molar-refractivity contribution is 7.80. The Hall–Kier alpha value is -2.02. The summed E-state index contributed by atoms with van der Waals surface area (Å²) >= 11 is 4.17. The van der Waals surface area contributed by atoms with Crippen LogP contribution in [0.3, 0.4) is 0 Å². The number of piperidine rings is 1. The van der Waals surface area contributed by atoms with Gasteiger partial charge in [-0.2, -0.15) is 12.6 Å². The predicted octanol–water partition coefficient (Wildman–Crippen LogP) is 2.47. The molecule has 2 aliphatic heterocycles. The van der Waals surface area contributed by atoms with Crippen molar-refractivity contribution < 1.29 is 23.9 Å². The summed E-state index contributed by atoms with van der Waals surface area (Å²) < 4.78 is 10.7. The summed E-state index contributed by atoms with van der Waals surface area (Å²) in [5, 5.41) is 0. The largest absolute Gasteiger partial charge is 0.469 e. The molecule has 2 bridgehead atoms. The zero-order valence-corrected chi connectivity index (χ0v) is 16.3. The Morgan fingerprint density at radius 3 is 2.59 bits per heavy atom. The summed E-state index contributed by atoms with van der Waals surface area (Å²) in [6, 6.07) is 8.43. The van der Waals surface area contributed by atoms with Gasteiger partial charge >= 0.3 is 11.9 Å². The maximum Gasteiger partial charge on any atom is 0.338 e. The molecule has 27 heavy (non-hydrogen) atoms. The van der Waals surface area contributed by atoms with Crippen LogP contribution in [0.5, 0.6) is 0 Å². The Labute approximate surface area is 164 Å². The van der Waals surface area contributed by atoms with Gasteiger partial charge in [-0.15, -0.1) is 0 Å². The number of methoxy groups -OCH3 is 1. The number of esters is 2. The third-order valence-electron chi connectivity index (χ3n) is 5.44. The SMILES string of the molecule is COC(=O)[C@H]1[C@@H](OC(=O)c2ccccc2)C[C@@H]2CC[C@H]1N2C(=O)CCCS. The van der Waals surface area contributed by atoms with Crippen molar-refractivity contribution in [3.63, 3.8) is 0 Å². The predicted molar refractivity (Wildman–Crippen MR) is 103 cm³/mol. The Kier molecular flexibility index (Phi) is 6.42. The Morgan fingerprint density at radius 2 is 1.93 bits per heavy atom. The van der Waals surface area contributed by atoms with Crippen LogP contribution in [-0.4, -0.2) is 53.8 Å². The van der Waals surface area contributed by atoms with E-state index in [0.717, 1.165) is 12.8 Å². The van der Waals surface area contributed by atoms with Gasteiger partial charge in [0, 0.05) is 24.9 Å². The van der Waals surface area contributed by atoms with Crippen LogP contribution in [0.15, 0.2) is 30.3 Å². The number of hydrogen-bond donors (Lipinski definition) is 1. The van der Waals surface area contributed by atoms with E-state index in [9.17, 15) is 14.4 Å². The molecule has 0 spiro atoms. The lowest BCUT2D eigenvalue weighted by Gasteiger charge is -2.42. The molecule has 2 heterocycles. The molecule has 1 amide bonds. The number of hydrogen-bond acceptors (Lipinski definition) is 6. The maximum absolute atomic E-state index is 12.7. The van der Waals surface area contributed by atoms with Gasteiger partial charge in [-0.25, -0.2) is 4.79 Å². The minimum absolute atomic E-state index is 0.00287. The molecule has 4 atom stereocenters. The summed E-state index contributed by atoms with van der Waals surface area (Å²) in [5.41, 5.74) is 0.445. The van der Waals surface area contributed by atoms with E-state index in [0.29, 0.717) is 30.6 Å². The number of fused-ring (bicyclic) bond motifs is 2. The first kappa shape index (κ1) is 19.7. The fraction of sp³-hybridized carbons (Fsp3) is 0.550. The summed E-state index contributed by atoms with van der Waals surface area (Å²) in [5.74, 6) is -0.853. The van der Waals surface area contributed by atoms with E-state index in [1.165, 1.54) is 7.11 Å². The first-order valence-corrected chi connectivity index (χ1v) is 9.96. The van der Waals surface area contributed by atoms with Crippen molar-refractivity contribution in [1.29, 1.82) is 0 Å². The Balaban J connectivity index is 1.79. The Bertz CT molecular complexity index is 695. The normalized spacial score (nSPS) is 26.5. The minimum Gasteiger partial charge on any atom is -0.469 e. The average molecular weight is 391 g/mol. The van der Waals surface area contributed by atoms with Gasteiger partial charge in [0.2, 0.25) is 5.91 Å². The Morgan fingerprint density at radius 1 is 1.19 bits per heavy atom. The maximum atomic E-state index is 12.7. The van der Waals surface area contributed by atoms with Crippen LogP contribution < -0.4 is 0 Å². The highest BCUT2D eigenvalue weighted by Crippen LogP contribution is 2.42. The molecule has 1 aromatic rings. The van der Waals surface area contributed by atoms with Crippen molar-refractivity contribution >= 4 is 30.5 Å². The van der Waals surface area contributed by atoms with Gasteiger partial charge < -0.3 is 14.4 Å². The van der Waals surface area contributed by atoms with E-state index in [-0.39, 0.29) is 18.0 Å². The third kappa shape index (κ3) is 4.13. The van der Waals surface area contributed by atoms with Crippen LogP contribution in [0.2, 0.25) is 0 Å². The summed E-state index contributed by atoms with van der Waals surface area (Å²) in [6.45, 7) is 0. The first-order chi connectivity index (χ1) is 13.1. The minimum atomic E-state index is -0.652. The molecule has 0 aliphatic carbocycles. The van der Waals surface area contributed by atoms with Crippen LogP contribution in [0.1, 0.15) is 42.5 Å². The monoisotopic (exact) mass is 391 g/mol. The van der Waals surface area contributed by atoms with Crippen molar-refractivity contribution in [2.75, 3.05) is 12.9 Å². The zero-order valence-electron chi connectivity index (χ0n) is 15.4. The number of nitrogens with zero attached hydrogens (tertiary/aromatic N) is 1. The van der Waals surface area contributed by atoms with Gasteiger partial charge in [-0.3, -0.25) is 9.59 Å². The molecule has 0 saturated carbocycles. The lowest BCUT2D eigenvalue weighted by atomic mass is 9.86. The number of benzene rings is 1. The molecule has 0 unspecified atom stereocenters. The molecule has 1 aromatic carbocycles. The smallest absolute Gasteiger partial charge is 0.338 e. The highest BCUT2D eigenvalue weighted by Gasteiger charge is 2.53. The van der Waals surface area contributed by atoms with E-state index in [1.54, 1.807) is 24.3 Å². The summed E-state index contributed by atoms with van der Waals surface area (Å²) in [4.78, 5) is 39.5. The number of rotatable bonds is 6.